The first kappa shape index (κ1) is 75.2. The zero-order valence-electron chi connectivity index (χ0n) is 65.2. The summed E-state index contributed by atoms with van der Waals surface area (Å²) in [5.74, 6) is -5.23. The molecule has 6 N–H and O–H groups in total. The summed E-state index contributed by atoms with van der Waals surface area (Å²) in [6.45, 7) is 4.35. The fourth-order valence-corrected chi connectivity index (χ4v) is 14.8. The maximum atomic E-state index is 14.8. The average molecular weight is 1630 g/mol. The first-order chi connectivity index (χ1) is 58.8. The molecule has 1 saturated heterocycles. The molecule has 31 heteroatoms. The molecule has 20 aromatic rings. The number of carbonyl (C=O) groups is 4. The SMILES string of the molecule is Cn1c(C(=O)c2c[nH]c3c(F)cccc23)nc2cc(F)ccc21.Cn1c(C(=O)c2c[nH]c3c(F)cccc23)nc2cccc(F)c21.Cn1c(C(=O)c2cn(CCN3CCOCC3)c3c(F)cccc23)nc2ccc(F)cc21.O=C(c1nc2c(F)cccc2[nH]1)c1c[nH]c2c(F)cccc12.[2H]C([2H])(c1nc2ccc(F)cc2[nH]1)c1c[nH]c2c(F)cccc12. The van der Waals surface area contributed by atoms with Crippen molar-refractivity contribution in [2.24, 2.45) is 21.1 Å². The summed E-state index contributed by atoms with van der Waals surface area (Å²) < 4.78 is 166. The molecule has 0 bridgehead atoms. The van der Waals surface area contributed by atoms with Gasteiger partial charge < -0.3 is 52.9 Å². The molecule has 0 saturated carbocycles. The Kier molecular flexibility index (Phi) is 20.0. The molecular formula is C89H64F10N16O5. The molecule has 21 nitrogen and oxygen atoms in total. The van der Waals surface area contributed by atoms with Crippen LogP contribution >= 0.6 is 0 Å². The van der Waals surface area contributed by atoms with Gasteiger partial charge in [-0.3, -0.25) is 24.1 Å². The fraction of sp³-hybridized carbons (Fsp3) is 0.112. The van der Waals surface area contributed by atoms with E-state index in [9.17, 15) is 63.1 Å². The molecular weight excluding hydrogens is 1560 g/mol. The Hall–Kier alpha value is -14.9. The van der Waals surface area contributed by atoms with Crippen molar-refractivity contribution in [3.8, 4) is 0 Å². The molecule has 1 fully saturated rings. The minimum atomic E-state index is -1.98. The summed E-state index contributed by atoms with van der Waals surface area (Å²) in [5.41, 5.74) is 7.25. The standard InChI is InChI=1S/C23H22F2N4O2.2C17H11F2N3O.C16H9F2N3O.C16H11F2N3/c1-27-20-13-15(24)5-6-19(20)26-23(27)22(30)17-14-29(8-7-28-9-11-31-12-10-28)21-16(17)3-2-4-18(21)25;1-22-15-12(19)6-3-7-13(15)21-17(22)16(23)10-8-20-14-9(10)4-2-5-11(14)18;1-22-14-6-5-9(18)7-13(14)21-17(22)16(23)11-8-20-15-10(11)3-2-4-12(15)19;17-10-4-1-3-8-9(7-19-13(8)10)15(22)16-20-12-6-2-5-11(18)14(12)21-16;17-10-4-5-13-14(7-10)21-15(20-13)6-9-8-19-16-11(9)2-1-3-12(16)18/h2-6,13-14H,7-12H2,1H3;2*2-8,20H,1H3;1-7,19H,(H,20,21);1-5,7-8,19H,6H2,(H,20,21)/i;;;;6D2. The van der Waals surface area contributed by atoms with Gasteiger partial charge in [0.15, 0.2) is 29.1 Å². The third kappa shape index (κ3) is 14.6. The number of H-pyrrole nitrogens is 6. The van der Waals surface area contributed by atoms with Gasteiger partial charge in [0.05, 0.1) is 107 Å². The zero-order chi connectivity index (χ0) is 85.3. The topological polar surface area (TPSA) is 260 Å². The fourth-order valence-electron chi connectivity index (χ4n) is 14.8. The van der Waals surface area contributed by atoms with Crippen molar-refractivity contribution in [1.29, 1.82) is 0 Å². The molecule has 10 aromatic carbocycles. The number of ketones is 4. The van der Waals surface area contributed by atoms with Gasteiger partial charge in [-0.25, -0.2) is 68.8 Å². The zero-order valence-corrected chi connectivity index (χ0v) is 63.2. The van der Waals surface area contributed by atoms with Crippen molar-refractivity contribution in [2.45, 2.75) is 12.9 Å². The van der Waals surface area contributed by atoms with Crippen LogP contribution in [-0.2, 0) is 38.8 Å². The Balaban J connectivity index is 0.000000109. The number of halogens is 10. The lowest BCUT2D eigenvalue weighted by molar-refractivity contribution is 0.0365. The number of ether oxygens (including phenoxy) is 1. The van der Waals surface area contributed by atoms with Gasteiger partial charge in [-0.15, -0.1) is 0 Å². The number of para-hydroxylation sites is 7. The quantitative estimate of drug-likeness (QED) is 0.0467. The Morgan fingerprint density at radius 3 is 1.49 bits per heavy atom. The Bertz CT molecular complexity index is 7570. The van der Waals surface area contributed by atoms with Crippen molar-refractivity contribution >= 4 is 133 Å². The highest BCUT2D eigenvalue weighted by Crippen LogP contribution is 2.33. The average Bonchev–Trinajstić information content (AvgIpc) is 1.62. The van der Waals surface area contributed by atoms with Crippen molar-refractivity contribution < 1.29 is 70.6 Å². The summed E-state index contributed by atoms with van der Waals surface area (Å²) in [7, 11) is 4.96. The minimum absolute atomic E-state index is 0.0188. The highest BCUT2D eigenvalue weighted by molar-refractivity contribution is 6.19. The number of nitrogens with one attached hydrogen (secondary N) is 6. The van der Waals surface area contributed by atoms with Crippen LogP contribution in [0, 0.1) is 58.2 Å². The van der Waals surface area contributed by atoms with E-state index in [2.05, 4.69) is 59.7 Å². The number of morpholine rings is 1. The molecule has 21 rings (SSSR count). The second-order valence-corrected chi connectivity index (χ2v) is 28.1. The number of aromatic amines is 6. The van der Waals surface area contributed by atoms with Crippen LogP contribution in [0.2, 0.25) is 0 Å². The first-order valence-corrected chi connectivity index (χ1v) is 37.2. The number of imidazole rings is 5. The van der Waals surface area contributed by atoms with Crippen LogP contribution in [0.4, 0.5) is 43.9 Å². The van der Waals surface area contributed by atoms with Crippen LogP contribution in [-0.4, -0.2) is 134 Å². The third-order valence-electron chi connectivity index (χ3n) is 20.8. The van der Waals surface area contributed by atoms with Crippen LogP contribution in [0.5, 0.6) is 0 Å². The van der Waals surface area contributed by atoms with E-state index in [0.29, 0.717) is 113 Å². The number of aromatic nitrogens is 15. The van der Waals surface area contributed by atoms with Crippen LogP contribution in [0.15, 0.2) is 213 Å². The molecule has 600 valence electrons. The first-order valence-electron chi connectivity index (χ1n) is 38.2. The molecule has 0 amide bonds. The van der Waals surface area contributed by atoms with Crippen molar-refractivity contribution in [2.75, 3.05) is 32.8 Å². The molecule has 1 aliphatic heterocycles. The van der Waals surface area contributed by atoms with Gasteiger partial charge in [-0.05, 0) is 109 Å². The number of benzene rings is 10. The van der Waals surface area contributed by atoms with Gasteiger partial charge in [0, 0.05) is 120 Å². The smallest absolute Gasteiger partial charge is 0.230 e. The van der Waals surface area contributed by atoms with Crippen molar-refractivity contribution in [3.63, 3.8) is 0 Å². The minimum Gasteiger partial charge on any atom is -0.379 e. The molecule has 1 aliphatic rings. The van der Waals surface area contributed by atoms with Crippen LogP contribution in [0.1, 0.15) is 78.9 Å². The van der Waals surface area contributed by atoms with E-state index in [0.717, 1.165) is 19.6 Å². The summed E-state index contributed by atoms with van der Waals surface area (Å²) in [6, 6.07) is 44.1. The Labute approximate surface area is 673 Å². The van der Waals surface area contributed by atoms with Gasteiger partial charge in [0.25, 0.3) is 0 Å². The van der Waals surface area contributed by atoms with Crippen LogP contribution < -0.4 is 0 Å². The number of nitrogens with zero attached hydrogens (tertiary/aromatic N) is 10. The second kappa shape index (κ2) is 32.0. The number of rotatable bonds is 13. The number of aryl methyl sites for hydroxylation is 3. The lowest BCUT2D eigenvalue weighted by Gasteiger charge is -2.26. The summed E-state index contributed by atoms with van der Waals surface area (Å²) in [5, 5.41) is 2.42. The molecule has 0 unspecified atom stereocenters. The molecule has 120 heavy (non-hydrogen) atoms. The molecule has 0 atom stereocenters. The molecule has 11 heterocycles. The van der Waals surface area contributed by atoms with Crippen molar-refractivity contribution in [3.05, 3.63) is 328 Å². The van der Waals surface area contributed by atoms with Gasteiger partial charge >= 0.3 is 0 Å². The van der Waals surface area contributed by atoms with Crippen LogP contribution in [0.25, 0.3) is 110 Å². The number of hydrogen-bond acceptors (Lipinski definition) is 11. The molecule has 0 radical (unpaired) electrons. The summed E-state index contributed by atoms with van der Waals surface area (Å²) in [6.07, 6.45) is 5.50. The molecule has 0 spiro atoms. The van der Waals surface area contributed by atoms with E-state index in [-0.39, 0.29) is 96.5 Å². The maximum absolute atomic E-state index is 14.8. The Morgan fingerprint density at radius 2 is 0.875 bits per heavy atom. The van der Waals surface area contributed by atoms with E-state index in [4.69, 9.17) is 7.48 Å². The number of hydrogen-bond donors (Lipinski definition) is 6. The second-order valence-electron chi connectivity index (χ2n) is 28.1. The monoisotopic (exact) mass is 1630 g/mol. The van der Waals surface area contributed by atoms with Crippen molar-refractivity contribution in [1.82, 2.24) is 78.0 Å². The molecule has 10 aromatic heterocycles. The highest BCUT2D eigenvalue weighted by Gasteiger charge is 2.28. The maximum Gasteiger partial charge on any atom is 0.230 e. The highest BCUT2D eigenvalue weighted by atomic mass is 19.2. The third-order valence-corrected chi connectivity index (χ3v) is 20.8. The summed E-state index contributed by atoms with van der Waals surface area (Å²) >= 11 is 0. The molecule has 0 aliphatic carbocycles. The van der Waals surface area contributed by atoms with E-state index < -0.39 is 64.5 Å². The van der Waals surface area contributed by atoms with E-state index in [1.807, 2.05) is 0 Å². The number of carbonyl (C=O) groups excluding carboxylic acids is 4. The van der Waals surface area contributed by atoms with Gasteiger partial charge in [-0.2, -0.15) is 0 Å². The predicted molar refractivity (Wildman–Crippen MR) is 433 cm³/mol. The van der Waals surface area contributed by atoms with Gasteiger partial charge in [-0.1, -0.05) is 72.8 Å². The lowest BCUT2D eigenvalue weighted by atomic mass is 10.1. The normalized spacial score (nSPS) is 12.8. The lowest BCUT2D eigenvalue weighted by Crippen LogP contribution is -2.38. The largest absolute Gasteiger partial charge is 0.379 e. The van der Waals surface area contributed by atoms with Gasteiger partial charge in [0.2, 0.25) is 23.1 Å². The summed E-state index contributed by atoms with van der Waals surface area (Å²) in [4.78, 5) is 91.5. The predicted octanol–water partition coefficient (Wildman–Crippen LogP) is 18.0. The van der Waals surface area contributed by atoms with Crippen LogP contribution in [0.3, 0.4) is 0 Å². The van der Waals surface area contributed by atoms with Gasteiger partial charge in [0.1, 0.15) is 69.2 Å². The number of fused-ring (bicyclic) bond motifs is 10. The van der Waals surface area contributed by atoms with E-state index in [1.165, 1.54) is 139 Å². The van der Waals surface area contributed by atoms with E-state index in [1.54, 1.807) is 114 Å². The Morgan fingerprint density at radius 1 is 0.400 bits per heavy atom. The van der Waals surface area contributed by atoms with E-state index >= 15 is 0 Å².